The molecule has 0 aliphatic carbocycles. The SMILES string of the molecule is COc1ccc(-c2nnc(CCC(=O)Nc3ccccc3)o2)cc1. The van der Waals surface area contributed by atoms with Crippen LogP contribution in [0.3, 0.4) is 0 Å². The lowest BCUT2D eigenvalue weighted by Crippen LogP contribution is -2.12. The Morgan fingerprint density at radius 3 is 2.54 bits per heavy atom. The number of hydrogen-bond acceptors (Lipinski definition) is 5. The van der Waals surface area contributed by atoms with Crippen LogP contribution in [0.5, 0.6) is 5.75 Å². The summed E-state index contributed by atoms with van der Waals surface area (Å²) in [6, 6.07) is 16.7. The Kier molecular flexibility index (Phi) is 4.86. The average molecular weight is 323 g/mol. The van der Waals surface area contributed by atoms with Gasteiger partial charge in [0, 0.05) is 24.1 Å². The van der Waals surface area contributed by atoms with E-state index in [4.69, 9.17) is 9.15 Å². The van der Waals surface area contributed by atoms with E-state index < -0.39 is 0 Å². The molecule has 6 nitrogen and oxygen atoms in total. The highest BCUT2D eigenvalue weighted by Crippen LogP contribution is 2.21. The molecule has 0 atom stereocenters. The van der Waals surface area contributed by atoms with Gasteiger partial charge in [0.15, 0.2) is 0 Å². The highest BCUT2D eigenvalue weighted by molar-refractivity contribution is 5.90. The molecule has 1 N–H and O–H groups in total. The number of carbonyl (C=O) groups is 1. The second-order valence-corrected chi connectivity index (χ2v) is 5.14. The molecule has 3 aromatic rings. The van der Waals surface area contributed by atoms with Crippen LogP contribution >= 0.6 is 0 Å². The summed E-state index contributed by atoms with van der Waals surface area (Å²) in [4.78, 5) is 11.9. The van der Waals surface area contributed by atoms with Gasteiger partial charge in [-0.15, -0.1) is 10.2 Å². The maximum absolute atomic E-state index is 11.9. The van der Waals surface area contributed by atoms with Crippen LogP contribution in [0.1, 0.15) is 12.3 Å². The smallest absolute Gasteiger partial charge is 0.247 e. The lowest BCUT2D eigenvalue weighted by molar-refractivity contribution is -0.116. The zero-order chi connectivity index (χ0) is 16.8. The van der Waals surface area contributed by atoms with Gasteiger partial charge in [0.2, 0.25) is 17.7 Å². The van der Waals surface area contributed by atoms with Gasteiger partial charge in [-0.05, 0) is 36.4 Å². The van der Waals surface area contributed by atoms with Crippen LogP contribution in [0.25, 0.3) is 11.5 Å². The molecule has 0 spiro atoms. The molecule has 0 fully saturated rings. The maximum Gasteiger partial charge on any atom is 0.247 e. The highest BCUT2D eigenvalue weighted by Gasteiger charge is 2.11. The first-order valence-corrected chi connectivity index (χ1v) is 7.56. The number of hydrogen-bond donors (Lipinski definition) is 1. The van der Waals surface area contributed by atoms with Crippen molar-refractivity contribution in [1.82, 2.24) is 10.2 Å². The van der Waals surface area contributed by atoms with E-state index in [9.17, 15) is 4.79 Å². The number of nitrogens with zero attached hydrogens (tertiary/aromatic N) is 2. The lowest BCUT2D eigenvalue weighted by Gasteiger charge is -2.03. The van der Waals surface area contributed by atoms with Crippen LogP contribution < -0.4 is 10.1 Å². The van der Waals surface area contributed by atoms with Crippen molar-refractivity contribution >= 4 is 11.6 Å². The number of aryl methyl sites for hydroxylation is 1. The second-order valence-electron chi connectivity index (χ2n) is 5.14. The molecular formula is C18H17N3O3. The third kappa shape index (κ3) is 3.98. The fourth-order valence-corrected chi connectivity index (χ4v) is 2.17. The standard InChI is InChI=1S/C18H17N3O3/c1-23-15-9-7-13(8-10-15)18-21-20-17(24-18)12-11-16(22)19-14-5-3-2-4-6-14/h2-10H,11-12H2,1H3,(H,19,22). The molecular weight excluding hydrogens is 306 g/mol. The minimum absolute atomic E-state index is 0.0922. The lowest BCUT2D eigenvalue weighted by atomic mass is 10.2. The molecule has 2 aromatic carbocycles. The van der Waals surface area contributed by atoms with Crippen molar-refractivity contribution in [3.8, 4) is 17.2 Å². The van der Waals surface area contributed by atoms with Gasteiger partial charge < -0.3 is 14.5 Å². The molecule has 6 heteroatoms. The Bertz CT molecular complexity index is 798. The normalized spacial score (nSPS) is 10.4. The summed E-state index contributed by atoms with van der Waals surface area (Å²) in [5.41, 5.74) is 1.58. The van der Waals surface area contributed by atoms with Gasteiger partial charge in [0.25, 0.3) is 0 Å². The Morgan fingerprint density at radius 1 is 1.08 bits per heavy atom. The molecule has 0 aliphatic rings. The molecule has 24 heavy (non-hydrogen) atoms. The number of aromatic nitrogens is 2. The van der Waals surface area contributed by atoms with E-state index in [2.05, 4.69) is 15.5 Å². The van der Waals surface area contributed by atoms with Crippen molar-refractivity contribution in [3.05, 3.63) is 60.5 Å². The van der Waals surface area contributed by atoms with Crippen molar-refractivity contribution < 1.29 is 13.9 Å². The van der Waals surface area contributed by atoms with Crippen molar-refractivity contribution in [3.63, 3.8) is 0 Å². The predicted molar refractivity (Wildman–Crippen MR) is 89.7 cm³/mol. The number of amides is 1. The van der Waals surface area contributed by atoms with E-state index >= 15 is 0 Å². The Hall–Kier alpha value is -3.15. The maximum atomic E-state index is 11.9. The highest BCUT2D eigenvalue weighted by atomic mass is 16.5. The van der Waals surface area contributed by atoms with Crippen LogP contribution in [-0.2, 0) is 11.2 Å². The van der Waals surface area contributed by atoms with Crippen molar-refractivity contribution in [2.24, 2.45) is 0 Å². The minimum Gasteiger partial charge on any atom is -0.497 e. The molecule has 1 amide bonds. The number of carbonyl (C=O) groups excluding carboxylic acids is 1. The molecule has 0 saturated heterocycles. The fourth-order valence-electron chi connectivity index (χ4n) is 2.17. The molecule has 0 bridgehead atoms. The van der Waals surface area contributed by atoms with E-state index in [0.717, 1.165) is 17.0 Å². The Morgan fingerprint density at radius 2 is 1.83 bits per heavy atom. The number of methoxy groups -OCH3 is 1. The van der Waals surface area contributed by atoms with Gasteiger partial charge in [0.1, 0.15) is 5.75 Å². The summed E-state index contributed by atoms with van der Waals surface area (Å²) in [7, 11) is 1.61. The molecule has 0 unspecified atom stereocenters. The number of ether oxygens (including phenoxy) is 1. The van der Waals surface area contributed by atoms with Crippen LogP contribution in [0.4, 0.5) is 5.69 Å². The third-order valence-corrected chi connectivity index (χ3v) is 3.43. The first-order chi connectivity index (χ1) is 11.7. The predicted octanol–water partition coefficient (Wildman–Crippen LogP) is 3.32. The minimum atomic E-state index is -0.0922. The van der Waals surface area contributed by atoms with E-state index in [1.165, 1.54) is 0 Å². The zero-order valence-corrected chi connectivity index (χ0v) is 13.2. The molecule has 1 aromatic heterocycles. The van der Waals surface area contributed by atoms with E-state index in [1.54, 1.807) is 7.11 Å². The van der Waals surface area contributed by atoms with Crippen molar-refractivity contribution in [2.75, 3.05) is 12.4 Å². The van der Waals surface area contributed by atoms with Gasteiger partial charge in [-0.25, -0.2) is 0 Å². The fraction of sp³-hybridized carbons (Fsp3) is 0.167. The summed E-state index contributed by atoms with van der Waals surface area (Å²) < 4.78 is 10.7. The van der Waals surface area contributed by atoms with Crippen LogP contribution in [0.15, 0.2) is 59.0 Å². The summed E-state index contributed by atoms with van der Waals surface area (Å²) in [6.07, 6.45) is 0.668. The summed E-state index contributed by atoms with van der Waals surface area (Å²) in [5, 5.41) is 10.8. The molecule has 0 aliphatic heterocycles. The van der Waals surface area contributed by atoms with Gasteiger partial charge >= 0.3 is 0 Å². The molecule has 122 valence electrons. The second kappa shape index (κ2) is 7.41. The molecule has 0 radical (unpaired) electrons. The van der Waals surface area contributed by atoms with Crippen LogP contribution in [-0.4, -0.2) is 23.2 Å². The summed E-state index contributed by atoms with van der Waals surface area (Å²) >= 11 is 0. The molecule has 1 heterocycles. The van der Waals surface area contributed by atoms with Gasteiger partial charge in [-0.3, -0.25) is 4.79 Å². The van der Waals surface area contributed by atoms with Gasteiger partial charge in [0.05, 0.1) is 7.11 Å². The summed E-state index contributed by atoms with van der Waals surface area (Å²) in [5.74, 6) is 1.53. The van der Waals surface area contributed by atoms with E-state index in [-0.39, 0.29) is 12.3 Å². The first-order valence-electron chi connectivity index (χ1n) is 7.56. The average Bonchev–Trinajstić information content (AvgIpc) is 3.10. The Labute approximate surface area is 139 Å². The van der Waals surface area contributed by atoms with Gasteiger partial charge in [-0.2, -0.15) is 0 Å². The first kappa shape index (κ1) is 15.7. The molecule has 3 rings (SSSR count). The quantitative estimate of drug-likeness (QED) is 0.753. The van der Waals surface area contributed by atoms with E-state index in [1.807, 2.05) is 54.6 Å². The number of benzene rings is 2. The summed E-state index contributed by atoms with van der Waals surface area (Å²) in [6.45, 7) is 0. The zero-order valence-electron chi connectivity index (χ0n) is 13.2. The van der Waals surface area contributed by atoms with Crippen molar-refractivity contribution in [1.29, 1.82) is 0 Å². The number of anilines is 1. The topological polar surface area (TPSA) is 77.2 Å². The number of nitrogens with one attached hydrogen (secondary N) is 1. The number of para-hydroxylation sites is 1. The number of rotatable bonds is 6. The molecule has 0 saturated carbocycles. The van der Waals surface area contributed by atoms with Crippen LogP contribution in [0, 0.1) is 0 Å². The van der Waals surface area contributed by atoms with Crippen molar-refractivity contribution in [2.45, 2.75) is 12.8 Å². The van der Waals surface area contributed by atoms with Crippen LogP contribution in [0.2, 0.25) is 0 Å². The monoisotopic (exact) mass is 323 g/mol. The third-order valence-electron chi connectivity index (χ3n) is 3.43. The largest absolute Gasteiger partial charge is 0.497 e. The van der Waals surface area contributed by atoms with Gasteiger partial charge in [-0.1, -0.05) is 18.2 Å². The van der Waals surface area contributed by atoms with E-state index in [0.29, 0.717) is 18.2 Å². The Balaban J connectivity index is 1.56.